The van der Waals surface area contributed by atoms with Gasteiger partial charge in [0, 0.05) is 4.47 Å². The molecule has 1 aromatic heterocycles. The van der Waals surface area contributed by atoms with Crippen LogP contribution in [0.4, 0.5) is 5.95 Å². The van der Waals surface area contributed by atoms with Crippen molar-refractivity contribution in [3.8, 4) is 5.75 Å². The third-order valence-electron chi connectivity index (χ3n) is 4.36. The predicted octanol–water partition coefficient (Wildman–Crippen LogP) is 4.20. The number of rotatable bonds is 3. The third-order valence-corrected chi connectivity index (χ3v) is 4.85. The number of hydrogen-bond donors (Lipinski definition) is 1. The van der Waals surface area contributed by atoms with E-state index in [-0.39, 0.29) is 12.1 Å². The molecule has 24 heavy (non-hydrogen) atoms. The quantitative estimate of drug-likeness (QED) is 0.735. The van der Waals surface area contributed by atoms with Gasteiger partial charge in [0.25, 0.3) is 0 Å². The molecule has 2 atom stereocenters. The van der Waals surface area contributed by atoms with Crippen LogP contribution in [0.2, 0.25) is 0 Å². The Bertz CT molecular complexity index is 863. The molecule has 0 fully saturated rings. The van der Waals surface area contributed by atoms with Crippen LogP contribution < -0.4 is 10.1 Å². The zero-order valence-corrected chi connectivity index (χ0v) is 14.8. The maximum atomic E-state index is 5.38. The average Bonchev–Trinajstić information content (AvgIpc) is 3.09. The topological polar surface area (TPSA) is 52.0 Å². The summed E-state index contributed by atoms with van der Waals surface area (Å²) in [6, 6.07) is 16.8. The Morgan fingerprint density at radius 3 is 2.83 bits per heavy atom. The number of nitrogens with zero attached hydrogens (tertiary/aromatic N) is 3. The minimum atomic E-state index is 0.114. The highest BCUT2D eigenvalue weighted by molar-refractivity contribution is 9.10. The molecular weight excluding hydrogens is 368 g/mol. The molecule has 0 saturated heterocycles. The highest BCUT2D eigenvalue weighted by Gasteiger charge is 2.30. The number of ether oxygens (including phenoxy) is 1. The van der Waals surface area contributed by atoms with E-state index in [9.17, 15) is 0 Å². The molecule has 0 bridgehead atoms. The molecular formula is C18H17BrN4O. The second-order valence-corrected chi connectivity index (χ2v) is 6.72. The van der Waals surface area contributed by atoms with Crippen LogP contribution in [0.15, 0.2) is 59.3 Å². The molecule has 0 radical (unpaired) electrons. The fourth-order valence-electron chi connectivity index (χ4n) is 3.19. The largest absolute Gasteiger partial charge is 0.497 e. The lowest BCUT2D eigenvalue weighted by Crippen LogP contribution is -2.28. The number of hydrogen-bond acceptors (Lipinski definition) is 4. The first-order chi connectivity index (χ1) is 11.7. The molecule has 3 aromatic rings. The van der Waals surface area contributed by atoms with Gasteiger partial charge in [-0.1, -0.05) is 40.2 Å². The van der Waals surface area contributed by atoms with E-state index in [1.807, 2.05) is 22.9 Å². The Kier molecular flexibility index (Phi) is 3.98. The Morgan fingerprint density at radius 1 is 1.17 bits per heavy atom. The summed E-state index contributed by atoms with van der Waals surface area (Å²) in [6.07, 6.45) is 2.48. The van der Waals surface area contributed by atoms with E-state index in [0.29, 0.717) is 0 Å². The van der Waals surface area contributed by atoms with Crippen LogP contribution in [0.1, 0.15) is 29.6 Å². The van der Waals surface area contributed by atoms with Crippen LogP contribution in [0.25, 0.3) is 0 Å². The summed E-state index contributed by atoms with van der Waals surface area (Å²) in [7, 11) is 1.69. The van der Waals surface area contributed by atoms with Gasteiger partial charge in [0.15, 0.2) is 0 Å². The number of benzene rings is 2. The summed E-state index contributed by atoms with van der Waals surface area (Å²) >= 11 is 3.55. The van der Waals surface area contributed by atoms with Crippen LogP contribution in [-0.2, 0) is 0 Å². The monoisotopic (exact) mass is 384 g/mol. The first-order valence-corrected chi connectivity index (χ1v) is 8.59. The molecule has 6 heteroatoms. The standard InChI is InChI=1S/C18H17BrN4O/c1-24-15-7-3-5-13(9-15)17-10-16(12-4-2-6-14(19)8-12)22-18-20-11-21-23(17)18/h2-9,11,16-17H,10H2,1H3,(H,20,21,22)/t16-,17-/m0/s1. The summed E-state index contributed by atoms with van der Waals surface area (Å²) in [4.78, 5) is 4.37. The smallest absolute Gasteiger partial charge is 0.222 e. The Labute approximate surface area is 148 Å². The predicted molar refractivity (Wildman–Crippen MR) is 96.3 cm³/mol. The molecule has 0 unspecified atom stereocenters. The van der Waals surface area contributed by atoms with Gasteiger partial charge >= 0.3 is 0 Å². The fourth-order valence-corrected chi connectivity index (χ4v) is 3.61. The lowest BCUT2D eigenvalue weighted by molar-refractivity contribution is 0.406. The number of halogens is 1. The molecule has 0 aliphatic carbocycles. The summed E-state index contributed by atoms with van der Waals surface area (Å²) in [5.41, 5.74) is 2.40. The zero-order valence-electron chi connectivity index (χ0n) is 13.2. The maximum absolute atomic E-state index is 5.38. The molecule has 1 N–H and O–H groups in total. The molecule has 0 spiro atoms. The molecule has 2 aromatic carbocycles. The minimum absolute atomic E-state index is 0.114. The molecule has 4 rings (SSSR count). The van der Waals surface area contributed by atoms with Gasteiger partial charge in [-0.15, -0.1) is 0 Å². The van der Waals surface area contributed by atoms with Crippen LogP contribution in [0.3, 0.4) is 0 Å². The van der Waals surface area contributed by atoms with E-state index in [1.54, 1.807) is 13.4 Å². The lowest BCUT2D eigenvalue weighted by atomic mass is 9.93. The summed E-state index contributed by atoms with van der Waals surface area (Å²) in [5, 5.41) is 7.89. The molecule has 0 amide bonds. The third kappa shape index (κ3) is 2.78. The van der Waals surface area contributed by atoms with Gasteiger partial charge in [-0.3, -0.25) is 0 Å². The first-order valence-electron chi connectivity index (χ1n) is 7.80. The molecule has 122 valence electrons. The number of fused-ring (bicyclic) bond motifs is 1. The van der Waals surface area contributed by atoms with Crippen molar-refractivity contribution in [3.05, 3.63) is 70.5 Å². The zero-order chi connectivity index (χ0) is 16.5. The normalized spacial score (nSPS) is 19.4. The Balaban J connectivity index is 1.74. The second kappa shape index (κ2) is 6.28. The van der Waals surface area contributed by atoms with Crippen molar-refractivity contribution in [1.29, 1.82) is 0 Å². The van der Waals surface area contributed by atoms with Crippen molar-refractivity contribution in [1.82, 2.24) is 14.8 Å². The number of aromatic nitrogens is 3. The van der Waals surface area contributed by atoms with E-state index >= 15 is 0 Å². The van der Waals surface area contributed by atoms with Crippen LogP contribution in [-0.4, -0.2) is 21.9 Å². The van der Waals surface area contributed by atoms with E-state index in [0.717, 1.165) is 22.6 Å². The van der Waals surface area contributed by atoms with Gasteiger partial charge in [-0.25, -0.2) is 4.68 Å². The van der Waals surface area contributed by atoms with Crippen molar-refractivity contribution in [2.45, 2.75) is 18.5 Å². The van der Waals surface area contributed by atoms with E-state index in [1.165, 1.54) is 11.1 Å². The fraction of sp³-hybridized carbons (Fsp3) is 0.222. The van der Waals surface area contributed by atoms with Crippen LogP contribution in [0, 0.1) is 0 Å². The van der Waals surface area contributed by atoms with Crippen molar-refractivity contribution in [3.63, 3.8) is 0 Å². The van der Waals surface area contributed by atoms with Gasteiger partial charge in [0.2, 0.25) is 5.95 Å². The maximum Gasteiger partial charge on any atom is 0.222 e. The molecule has 1 aliphatic rings. The van der Waals surface area contributed by atoms with Crippen LogP contribution in [0.5, 0.6) is 5.75 Å². The number of nitrogens with one attached hydrogen (secondary N) is 1. The van der Waals surface area contributed by atoms with Gasteiger partial charge in [-0.2, -0.15) is 10.1 Å². The van der Waals surface area contributed by atoms with E-state index < -0.39 is 0 Å². The first kappa shape index (κ1) is 15.2. The number of methoxy groups -OCH3 is 1. The Morgan fingerprint density at radius 2 is 2.00 bits per heavy atom. The molecule has 0 saturated carbocycles. The van der Waals surface area contributed by atoms with Crippen molar-refractivity contribution >= 4 is 21.9 Å². The van der Waals surface area contributed by atoms with Crippen molar-refractivity contribution < 1.29 is 4.74 Å². The lowest BCUT2D eigenvalue weighted by Gasteiger charge is -2.32. The molecule has 2 heterocycles. The highest BCUT2D eigenvalue weighted by Crippen LogP contribution is 2.38. The van der Waals surface area contributed by atoms with Crippen molar-refractivity contribution in [2.24, 2.45) is 0 Å². The van der Waals surface area contributed by atoms with Gasteiger partial charge < -0.3 is 10.1 Å². The summed E-state index contributed by atoms with van der Waals surface area (Å²) in [6.45, 7) is 0. The van der Waals surface area contributed by atoms with E-state index in [2.05, 4.69) is 61.7 Å². The molecule has 1 aliphatic heterocycles. The molecule has 5 nitrogen and oxygen atoms in total. The average molecular weight is 385 g/mol. The van der Waals surface area contributed by atoms with Crippen LogP contribution >= 0.6 is 15.9 Å². The highest BCUT2D eigenvalue weighted by atomic mass is 79.9. The minimum Gasteiger partial charge on any atom is -0.497 e. The van der Waals surface area contributed by atoms with Gasteiger partial charge in [0.05, 0.1) is 19.2 Å². The van der Waals surface area contributed by atoms with E-state index in [4.69, 9.17) is 4.74 Å². The van der Waals surface area contributed by atoms with Gasteiger partial charge in [0.1, 0.15) is 12.1 Å². The second-order valence-electron chi connectivity index (χ2n) is 5.81. The van der Waals surface area contributed by atoms with Crippen molar-refractivity contribution in [2.75, 3.05) is 12.4 Å². The summed E-state index contributed by atoms with van der Waals surface area (Å²) in [5.74, 6) is 1.64. The number of anilines is 1. The summed E-state index contributed by atoms with van der Waals surface area (Å²) < 4.78 is 8.40. The Hall–Kier alpha value is -2.34. The van der Waals surface area contributed by atoms with Gasteiger partial charge in [-0.05, 0) is 41.8 Å². The SMILES string of the molecule is COc1cccc([C@@H]2C[C@@H](c3cccc(Br)c3)Nc3ncnn32)c1.